The van der Waals surface area contributed by atoms with Gasteiger partial charge in [0.15, 0.2) is 0 Å². The summed E-state index contributed by atoms with van der Waals surface area (Å²) in [4.78, 5) is 0. The molecule has 1 rings (SSSR count). The van der Waals surface area contributed by atoms with Crippen molar-refractivity contribution in [2.75, 3.05) is 6.61 Å². The second kappa shape index (κ2) is 3.75. The number of ether oxygens (including phenoxy) is 1. The summed E-state index contributed by atoms with van der Waals surface area (Å²) in [5.41, 5.74) is 5.98. The van der Waals surface area contributed by atoms with E-state index in [0.717, 1.165) is 25.9 Å². The first-order valence-electron chi connectivity index (χ1n) is 4.97. The number of nitrogens with two attached hydrogens (primary N) is 1. The van der Waals surface area contributed by atoms with Crippen LogP contribution in [0, 0.1) is 5.92 Å². The maximum Gasteiger partial charge on any atom is 0.0655 e. The Hall–Kier alpha value is -0.0800. The predicted octanol–water partition coefficient (Wildman–Crippen LogP) is 1.93. The molecule has 0 saturated carbocycles. The van der Waals surface area contributed by atoms with Gasteiger partial charge in [-0.2, -0.15) is 0 Å². The summed E-state index contributed by atoms with van der Waals surface area (Å²) in [6.07, 6.45) is 3.35. The first-order valence-corrected chi connectivity index (χ1v) is 4.97. The van der Waals surface area contributed by atoms with E-state index in [1.807, 2.05) is 0 Å². The van der Waals surface area contributed by atoms with Gasteiger partial charge in [0.1, 0.15) is 0 Å². The van der Waals surface area contributed by atoms with Gasteiger partial charge in [0.2, 0.25) is 0 Å². The molecule has 0 aliphatic carbocycles. The van der Waals surface area contributed by atoms with Gasteiger partial charge < -0.3 is 10.5 Å². The summed E-state index contributed by atoms with van der Waals surface area (Å²) in [5.74, 6) is 0.656. The van der Waals surface area contributed by atoms with E-state index in [0.29, 0.717) is 12.0 Å². The Kier molecular flexibility index (Phi) is 3.13. The van der Waals surface area contributed by atoms with Crippen LogP contribution in [0.25, 0.3) is 0 Å². The second-order valence-electron chi connectivity index (χ2n) is 4.26. The molecule has 0 radical (unpaired) electrons. The van der Waals surface area contributed by atoms with E-state index >= 15 is 0 Å². The van der Waals surface area contributed by atoms with Crippen molar-refractivity contribution in [3.05, 3.63) is 0 Å². The van der Waals surface area contributed by atoms with Crippen molar-refractivity contribution in [1.82, 2.24) is 0 Å². The Morgan fingerprint density at radius 1 is 1.67 bits per heavy atom. The zero-order chi connectivity index (χ0) is 9.19. The molecule has 1 saturated heterocycles. The highest BCUT2D eigenvalue weighted by Crippen LogP contribution is 2.32. The molecule has 12 heavy (non-hydrogen) atoms. The van der Waals surface area contributed by atoms with Gasteiger partial charge in [0.25, 0.3) is 0 Å². The highest BCUT2D eigenvalue weighted by molar-refractivity contribution is 4.84. The van der Waals surface area contributed by atoms with Gasteiger partial charge in [-0.1, -0.05) is 6.92 Å². The van der Waals surface area contributed by atoms with Crippen LogP contribution in [0.15, 0.2) is 0 Å². The maximum absolute atomic E-state index is 5.89. The molecule has 3 unspecified atom stereocenters. The van der Waals surface area contributed by atoms with Crippen LogP contribution >= 0.6 is 0 Å². The van der Waals surface area contributed by atoms with E-state index in [-0.39, 0.29) is 5.60 Å². The van der Waals surface area contributed by atoms with Gasteiger partial charge in [-0.05, 0) is 39.0 Å². The lowest BCUT2D eigenvalue weighted by Gasteiger charge is -2.39. The molecule has 0 aromatic rings. The first kappa shape index (κ1) is 10.0. The monoisotopic (exact) mass is 171 g/mol. The quantitative estimate of drug-likeness (QED) is 0.689. The van der Waals surface area contributed by atoms with Crippen LogP contribution in [0.1, 0.15) is 40.0 Å². The molecule has 0 amide bonds. The van der Waals surface area contributed by atoms with Crippen LogP contribution in [-0.2, 0) is 4.74 Å². The largest absolute Gasteiger partial charge is 0.375 e. The molecule has 72 valence electrons. The summed E-state index contributed by atoms with van der Waals surface area (Å²) in [7, 11) is 0. The zero-order valence-corrected chi connectivity index (χ0v) is 8.47. The Morgan fingerprint density at radius 2 is 2.33 bits per heavy atom. The van der Waals surface area contributed by atoms with E-state index in [1.165, 1.54) is 0 Å². The van der Waals surface area contributed by atoms with Gasteiger partial charge in [-0.15, -0.1) is 0 Å². The minimum absolute atomic E-state index is 0.0938. The maximum atomic E-state index is 5.89. The standard InChI is InChI=1S/C10H21NO/c1-4-10(3)7-9(8(2)11)5-6-12-10/h8-9H,4-7,11H2,1-3H3. The van der Waals surface area contributed by atoms with E-state index in [2.05, 4.69) is 20.8 Å². The summed E-state index contributed by atoms with van der Waals surface area (Å²) in [6, 6.07) is 0.319. The van der Waals surface area contributed by atoms with Crippen LogP contribution in [-0.4, -0.2) is 18.2 Å². The molecule has 1 fully saturated rings. The molecule has 2 nitrogen and oxygen atoms in total. The van der Waals surface area contributed by atoms with Crippen molar-refractivity contribution in [3.8, 4) is 0 Å². The molecule has 1 aliphatic heterocycles. The second-order valence-corrected chi connectivity index (χ2v) is 4.26. The van der Waals surface area contributed by atoms with Gasteiger partial charge in [-0.25, -0.2) is 0 Å². The van der Waals surface area contributed by atoms with E-state index < -0.39 is 0 Å². The molecule has 1 aliphatic rings. The van der Waals surface area contributed by atoms with Crippen molar-refractivity contribution >= 4 is 0 Å². The molecular formula is C10H21NO. The van der Waals surface area contributed by atoms with Crippen molar-refractivity contribution < 1.29 is 4.74 Å². The smallest absolute Gasteiger partial charge is 0.0655 e. The average molecular weight is 171 g/mol. The Labute approximate surface area is 75.5 Å². The Balaban J connectivity index is 2.51. The summed E-state index contributed by atoms with van der Waals surface area (Å²) >= 11 is 0. The van der Waals surface area contributed by atoms with E-state index in [4.69, 9.17) is 10.5 Å². The van der Waals surface area contributed by atoms with Crippen LogP contribution in [0.4, 0.5) is 0 Å². The fourth-order valence-corrected chi connectivity index (χ4v) is 1.87. The van der Waals surface area contributed by atoms with Crippen LogP contribution in [0.3, 0.4) is 0 Å². The van der Waals surface area contributed by atoms with Crippen molar-refractivity contribution in [2.45, 2.75) is 51.7 Å². The molecular weight excluding hydrogens is 150 g/mol. The van der Waals surface area contributed by atoms with Gasteiger partial charge >= 0.3 is 0 Å². The molecule has 1 heterocycles. The minimum Gasteiger partial charge on any atom is -0.375 e. The fourth-order valence-electron chi connectivity index (χ4n) is 1.87. The third kappa shape index (κ3) is 2.20. The van der Waals surface area contributed by atoms with Crippen LogP contribution in [0.2, 0.25) is 0 Å². The summed E-state index contributed by atoms with van der Waals surface area (Å²) < 4.78 is 5.74. The molecule has 0 aromatic carbocycles. The third-order valence-electron chi connectivity index (χ3n) is 3.12. The average Bonchev–Trinajstić information content (AvgIpc) is 2.05. The predicted molar refractivity (Wildman–Crippen MR) is 51.0 cm³/mol. The highest BCUT2D eigenvalue weighted by Gasteiger charge is 2.32. The summed E-state index contributed by atoms with van der Waals surface area (Å²) in [5, 5.41) is 0. The van der Waals surface area contributed by atoms with Crippen LogP contribution in [0.5, 0.6) is 0 Å². The zero-order valence-electron chi connectivity index (χ0n) is 8.47. The lowest BCUT2D eigenvalue weighted by molar-refractivity contribution is -0.0898. The van der Waals surface area contributed by atoms with Crippen LogP contribution < -0.4 is 5.73 Å². The third-order valence-corrected chi connectivity index (χ3v) is 3.12. The minimum atomic E-state index is 0.0938. The number of hydrogen-bond acceptors (Lipinski definition) is 2. The Bertz CT molecular complexity index is 147. The normalized spacial score (nSPS) is 39.5. The topological polar surface area (TPSA) is 35.2 Å². The molecule has 2 heteroatoms. The molecule has 0 bridgehead atoms. The lowest BCUT2D eigenvalue weighted by Crippen LogP contribution is -2.42. The molecule has 2 N–H and O–H groups in total. The van der Waals surface area contributed by atoms with Crippen molar-refractivity contribution in [3.63, 3.8) is 0 Å². The molecule has 3 atom stereocenters. The SMILES string of the molecule is CCC1(C)CC(C(C)N)CCO1. The van der Waals surface area contributed by atoms with E-state index in [1.54, 1.807) is 0 Å². The van der Waals surface area contributed by atoms with Gasteiger partial charge in [-0.3, -0.25) is 0 Å². The number of rotatable bonds is 2. The van der Waals surface area contributed by atoms with Crippen molar-refractivity contribution in [1.29, 1.82) is 0 Å². The van der Waals surface area contributed by atoms with E-state index in [9.17, 15) is 0 Å². The van der Waals surface area contributed by atoms with Gasteiger partial charge in [0, 0.05) is 12.6 Å². The number of hydrogen-bond donors (Lipinski definition) is 1. The first-order chi connectivity index (χ1) is 5.57. The molecule has 0 aromatic heterocycles. The van der Waals surface area contributed by atoms with Crippen molar-refractivity contribution in [2.24, 2.45) is 11.7 Å². The Morgan fingerprint density at radius 3 is 2.83 bits per heavy atom. The summed E-state index contributed by atoms with van der Waals surface area (Å²) in [6.45, 7) is 7.37. The lowest BCUT2D eigenvalue weighted by atomic mass is 9.82. The van der Waals surface area contributed by atoms with Gasteiger partial charge in [0.05, 0.1) is 5.60 Å². The highest BCUT2D eigenvalue weighted by atomic mass is 16.5. The molecule has 0 spiro atoms. The fraction of sp³-hybridized carbons (Fsp3) is 1.00.